The second-order valence-electron chi connectivity index (χ2n) is 5.12. The van der Waals surface area contributed by atoms with Crippen LogP contribution < -0.4 is 5.32 Å². The molecule has 0 atom stereocenters. The van der Waals surface area contributed by atoms with E-state index in [2.05, 4.69) is 15.0 Å². The summed E-state index contributed by atoms with van der Waals surface area (Å²) in [7, 11) is 1.31. The number of nitriles is 1. The van der Waals surface area contributed by atoms with Crippen LogP contribution in [0.2, 0.25) is 0 Å². The maximum absolute atomic E-state index is 11.9. The number of thioether (sulfide) groups is 1. The first-order chi connectivity index (χ1) is 12.4. The number of rotatable bonds is 9. The number of pyridine rings is 1. The summed E-state index contributed by atoms with van der Waals surface area (Å²) in [5.41, 5.74) is 0.880. The molecule has 1 rings (SSSR count). The summed E-state index contributed by atoms with van der Waals surface area (Å²) < 4.78 is 9.45. The van der Waals surface area contributed by atoms with Crippen molar-refractivity contribution in [2.45, 2.75) is 31.7 Å². The van der Waals surface area contributed by atoms with Crippen LogP contribution in [0.5, 0.6) is 0 Å². The molecule has 0 fully saturated rings. The molecule has 8 nitrogen and oxygen atoms in total. The molecule has 9 heteroatoms. The number of methoxy groups -OCH3 is 1. The quantitative estimate of drug-likeness (QED) is 0.390. The van der Waals surface area contributed by atoms with Crippen LogP contribution in [0.3, 0.4) is 0 Å². The summed E-state index contributed by atoms with van der Waals surface area (Å²) in [4.78, 5) is 38.9. The number of hydrogen-bond donors (Lipinski definition) is 1. The number of hydrogen-bond acceptors (Lipinski definition) is 8. The number of aromatic nitrogens is 1. The molecule has 0 bridgehead atoms. The number of carbonyl (C=O) groups is 3. The van der Waals surface area contributed by atoms with Gasteiger partial charge in [-0.2, -0.15) is 5.26 Å². The van der Waals surface area contributed by atoms with E-state index in [9.17, 15) is 19.6 Å². The predicted molar refractivity (Wildman–Crippen MR) is 94.6 cm³/mol. The highest BCUT2D eigenvalue weighted by molar-refractivity contribution is 8.00. The fourth-order valence-corrected chi connectivity index (χ4v) is 2.77. The third-order valence-corrected chi connectivity index (χ3v) is 4.23. The van der Waals surface area contributed by atoms with Crippen molar-refractivity contribution < 1.29 is 23.9 Å². The van der Waals surface area contributed by atoms with E-state index in [4.69, 9.17) is 4.74 Å². The van der Waals surface area contributed by atoms with Crippen molar-refractivity contribution in [3.8, 4) is 6.07 Å². The first kappa shape index (κ1) is 21.4. The molecule has 0 aliphatic carbocycles. The van der Waals surface area contributed by atoms with Crippen molar-refractivity contribution in [1.82, 2.24) is 10.3 Å². The number of amides is 1. The van der Waals surface area contributed by atoms with Crippen LogP contribution in [-0.2, 0) is 19.1 Å². The smallest absolute Gasteiger partial charge is 0.340 e. The molecule has 26 heavy (non-hydrogen) atoms. The summed E-state index contributed by atoms with van der Waals surface area (Å²) >= 11 is 1.11. The number of nitrogens with zero attached hydrogens (tertiary/aromatic N) is 2. The Labute approximate surface area is 156 Å². The normalized spacial score (nSPS) is 9.92. The van der Waals surface area contributed by atoms with Gasteiger partial charge in [-0.1, -0.05) is 11.8 Å². The van der Waals surface area contributed by atoms with Crippen LogP contribution in [0.15, 0.2) is 11.1 Å². The van der Waals surface area contributed by atoms with E-state index in [1.807, 2.05) is 6.07 Å². The highest BCUT2D eigenvalue weighted by atomic mass is 32.2. The standard InChI is InChI=1S/C17H21N3O5S/c1-4-25-17(23)13-8-12(9-18)16(20-11(13)2)26-10-14(21)19-7-5-6-15(22)24-3/h8H,4-7,10H2,1-3H3,(H,19,21). The molecule has 0 spiro atoms. The largest absolute Gasteiger partial charge is 0.469 e. The summed E-state index contributed by atoms with van der Waals surface area (Å²) in [5, 5.41) is 12.3. The highest BCUT2D eigenvalue weighted by Gasteiger charge is 2.17. The Balaban J connectivity index is 2.63. The van der Waals surface area contributed by atoms with Crippen molar-refractivity contribution in [1.29, 1.82) is 5.26 Å². The molecule has 0 unspecified atom stereocenters. The summed E-state index contributed by atoms with van der Waals surface area (Å²) in [6, 6.07) is 3.41. The minimum Gasteiger partial charge on any atom is -0.469 e. The van der Waals surface area contributed by atoms with E-state index in [-0.39, 0.29) is 41.8 Å². The summed E-state index contributed by atoms with van der Waals surface area (Å²) in [5.74, 6) is -1.03. The molecule has 140 valence electrons. The van der Waals surface area contributed by atoms with Gasteiger partial charge in [-0.05, 0) is 26.3 Å². The van der Waals surface area contributed by atoms with Gasteiger partial charge in [0.05, 0.1) is 36.3 Å². The molecule has 0 aliphatic heterocycles. The lowest BCUT2D eigenvalue weighted by Gasteiger charge is -2.09. The predicted octanol–water partition coefficient (Wildman–Crippen LogP) is 1.60. The van der Waals surface area contributed by atoms with Crippen LogP contribution in [-0.4, -0.2) is 48.8 Å². The number of nitrogens with one attached hydrogen (secondary N) is 1. The Hall–Kier alpha value is -2.60. The molecule has 0 radical (unpaired) electrons. The topological polar surface area (TPSA) is 118 Å². The molecular weight excluding hydrogens is 358 g/mol. The number of carbonyl (C=O) groups excluding carboxylic acids is 3. The minimum absolute atomic E-state index is 0.0676. The SMILES string of the molecule is CCOC(=O)c1cc(C#N)c(SCC(=O)NCCCC(=O)OC)nc1C. The molecule has 0 saturated heterocycles. The van der Waals surface area contributed by atoms with Gasteiger partial charge in [-0.15, -0.1) is 0 Å². The van der Waals surface area contributed by atoms with E-state index >= 15 is 0 Å². The van der Waals surface area contributed by atoms with E-state index in [0.717, 1.165) is 11.8 Å². The van der Waals surface area contributed by atoms with Crippen LogP contribution in [0.25, 0.3) is 0 Å². The Bertz CT molecular complexity index is 715. The Morgan fingerprint density at radius 2 is 2.12 bits per heavy atom. The molecule has 0 saturated carbocycles. The number of aryl methyl sites for hydroxylation is 1. The van der Waals surface area contributed by atoms with Gasteiger partial charge >= 0.3 is 11.9 Å². The minimum atomic E-state index is -0.533. The molecule has 1 amide bonds. The lowest BCUT2D eigenvalue weighted by atomic mass is 10.1. The molecule has 0 aromatic carbocycles. The first-order valence-electron chi connectivity index (χ1n) is 7.98. The van der Waals surface area contributed by atoms with E-state index < -0.39 is 5.97 Å². The zero-order chi connectivity index (χ0) is 19.5. The highest BCUT2D eigenvalue weighted by Crippen LogP contribution is 2.23. The lowest BCUT2D eigenvalue weighted by molar-refractivity contribution is -0.140. The van der Waals surface area contributed by atoms with Gasteiger partial charge in [0.2, 0.25) is 5.91 Å². The molecule has 1 heterocycles. The average Bonchev–Trinajstić information content (AvgIpc) is 2.63. The third kappa shape index (κ3) is 6.72. The number of esters is 2. The van der Waals surface area contributed by atoms with Crippen LogP contribution in [0.4, 0.5) is 0 Å². The van der Waals surface area contributed by atoms with Crippen molar-refractivity contribution in [3.63, 3.8) is 0 Å². The zero-order valence-electron chi connectivity index (χ0n) is 15.0. The maximum atomic E-state index is 11.9. The van der Waals surface area contributed by atoms with E-state index in [0.29, 0.717) is 23.7 Å². The zero-order valence-corrected chi connectivity index (χ0v) is 15.8. The van der Waals surface area contributed by atoms with Gasteiger partial charge in [0, 0.05) is 13.0 Å². The van der Waals surface area contributed by atoms with Crippen molar-refractivity contribution in [2.24, 2.45) is 0 Å². The fraction of sp³-hybridized carbons (Fsp3) is 0.471. The van der Waals surface area contributed by atoms with Gasteiger partial charge in [-0.3, -0.25) is 9.59 Å². The third-order valence-electron chi connectivity index (χ3n) is 3.24. The van der Waals surface area contributed by atoms with E-state index in [1.54, 1.807) is 13.8 Å². The fourth-order valence-electron chi connectivity index (χ4n) is 1.94. The van der Waals surface area contributed by atoms with Crippen molar-refractivity contribution in [3.05, 3.63) is 22.9 Å². The lowest BCUT2D eigenvalue weighted by Crippen LogP contribution is -2.26. The first-order valence-corrected chi connectivity index (χ1v) is 8.96. The van der Waals surface area contributed by atoms with Gasteiger partial charge in [0.25, 0.3) is 0 Å². The second kappa shape index (κ2) is 11.1. The molecule has 1 aromatic rings. The van der Waals surface area contributed by atoms with Crippen molar-refractivity contribution in [2.75, 3.05) is 26.0 Å². The van der Waals surface area contributed by atoms with Crippen molar-refractivity contribution >= 4 is 29.6 Å². The molecule has 1 aromatic heterocycles. The summed E-state index contributed by atoms with van der Waals surface area (Å²) in [6.45, 7) is 3.92. The van der Waals surface area contributed by atoms with Crippen LogP contribution in [0.1, 0.15) is 41.4 Å². The van der Waals surface area contributed by atoms with Gasteiger partial charge in [0.1, 0.15) is 11.1 Å². The van der Waals surface area contributed by atoms with Gasteiger partial charge in [0.15, 0.2) is 0 Å². The Morgan fingerprint density at radius 1 is 1.38 bits per heavy atom. The molecule has 1 N–H and O–H groups in total. The van der Waals surface area contributed by atoms with Gasteiger partial charge in [-0.25, -0.2) is 9.78 Å². The Morgan fingerprint density at radius 3 is 2.73 bits per heavy atom. The van der Waals surface area contributed by atoms with Crippen LogP contribution in [0, 0.1) is 18.3 Å². The Kier molecular flexibility index (Phi) is 9.15. The average molecular weight is 379 g/mol. The maximum Gasteiger partial charge on any atom is 0.340 e. The number of ether oxygens (including phenoxy) is 2. The van der Waals surface area contributed by atoms with E-state index in [1.165, 1.54) is 13.2 Å². The molecule has 0 aliphatic rings. The monoisotopic (exact) mass is 379 g/mol. The summed E-state index contributed by atoms with van der Waals surface area (Å²) in [6.07, 6.45) is 0.719. The van der Waals surface area contributed by atoms with Crippen LogP contribution >= 0.6 is 11.8 Å². The second-order valence-corrected chi connectivity index (χ2v) is 6.09. The molecular formula is C17H21N3O5S. The van der Waals surface area contributed by atoms with Gasteiger partial charge < -0.3 is 14.8 Å².